The number of esters is 1. The van der Waals surface area contributed by atoms with Crippen molar-refractivity contribution in [3.05, 3.63) is 83.4 Å². The first-order chi connectivity index (χ1) is 20.2. The first-order valence-corrected chi connectivity index (χ1v) is 15.6. The van der Waals surface area contributed by atoms with Crippen LogP contribution in [0.1, 0.15) is 107 Å². The van der Waals surface area contributed by atoms with Crippen molar-refractivity contribution in [2.24, 2.45) is 0 Å². The van der Waals surface area contributed by atoms with Gasteiger partial charge in [-0.05, 0) is 55.5 Å². The molecule has 5 heteroatoms. The van der Waals surface area contributed by atoms with Crippen molar-refractivity contribution in [2.45, 2.75) is 104 Å². The minimum absolute atomic E-state index is 0.153. The van der Waals surface area contributed by atoms with Crippen LogP contribution < -0.4 is 18.9 Å². The molecule has 0 bridgehead atoms. The summed E-state index contributed by atoms with van der Waals surface area (Å²) in [5.74, 6) is 2.66. The SMILES string of the molecule is CCCCCCCCCCCC(=O)Oc1ccc(C2CCc3ccc(OCc4ccccc4)cc3O2)c(OCC)c1. The summed E-state index contributed by atoms with van der Waals surface area (Å²) in [7, 11) is 0. The van der Waals surface area contributed by atoms with Crippen molar-refractivity contribution in [1.82, 2.24) is 0 Å². The van der Waals surface area contributed by atoms with Gasteiger partial charge in [0, 0.05) is 24.1 Å². The molecule has 0 spiro atoms. The second kappa shape index (κ2) is 16.7. The molecule has 220 valence electrons. The summed E-state index contributed by atoms with van der Waals surface area (Å²) < 4.78 is 24.1. The summed E-state index contributed by atoms with van der Waals surface area (Å²) in [4.78, 5) is 12.5. The molecule has 41 heavy (non-hydrogen) atoms. The summed E-state index contributed by atoms with van der Waals surface area (Å²) in [5, 5.41) is 0. The van der Waals surface area contributed by atoms with Gasteiger partial charge >= 0.3 is 5.97 Å². The van der Waals surface area contributed by atoms with Crippen LogP contribution in [0, 0.1) is 0 Å². The number of carbonyl (C=O) groups excluding carboxylic acids is 1. The molecule has 0 radical (unpaired) electrons. The molecule has 4 rings (SSSR count). The Bertz CT molecular complexity index is 1210. The van der Waals surface area contributed by atoms with E-state index in [2.05, 4.69) is 25.1 Å². The van der Waals surface area contributed by atoms with Crippen molar-refractivity contribution < 1.29 is 23.7 Å². The fourth-order valence-corrected chi connectivity index (χ4v) is 5.29. The lowest BCUT2D eigenvalue weighted by molar-refractivity contribution is -0.134. The molecule has 0 saturated carbocycles. The van der Waals surface area contributed by atoms with E-state index in [4.69, 9.17) is 18.9 Å². The van der Waals surface area contributed by atoms with Crippen molar-refractivity contribution in [2.75, 3.05) is 6.61 Å². The van der Waals surface area contributed by atoms with E-state index in [-0.39, 0.29) is 12.1 Å². The number of carbonyl (C=O) groups is 1. The highest BCUT2D eigenvalue weighted by Crippen LogP contribution is 2.41. The largest absolute Gasteiger partial charge is 0.493 e. The van der Waals surface area contributed by atoms with Crippen LogP contribution in [0.2, 0.25) is 0 Å². The third-order valence-electron chi connectivity index (χ3n) is 7.58. The standard InChI is InChI=1S/C36H46O5/c1-3-5-6-7-8-9-10-11-15-18-36(37)40-31-22-23-32(35(26-31)38-4-2)33-24-20-29-19-21-30(25-34(29)41-33)39-27-28-16-13-12-14-17-28/h12-14,16-17,19,21-23,25-26,33H,3-11,15,18,20,24,27H2,1-2H3. The van der Waals surface area contributed by atoms with Gasteiger partial charge in [-0.25, -0.2) is 0 Å². The fraction of sp³-hybridized carbons (Fsp3) is 0.472. The number of ether oxygens (including phenoxy) is 4. The molecular weight excluding hydrogens is 512 g/mol. The van der Waals surface area contributed by atoms with Gasteiger partial charge in [0.05, 0.1) is 6.61 Å². The second-order valence-electron chi connectivity index (χ2n) is 10.9. The van der Waals surface area contributed by atoms with E-state index in [9.17, 15) is 4.79 Å². The molecule has 0 N–H and O–H groups in total. The molecule has 1 aliphatic heterocycles. The Morgan fingerprint density at radius 1 is 0.805 bits per heavy atom. The first-order valence-electron chi connectivity index (χ1n) is 15.6. The monoisotopic (exact) mass is 558 g/mol. The molecule has 3 aromatic rings. The van der Waals surface area contributed by atoms with E-state index >= 15 is 0 Å². The van der Waals surface area contributed by atoms with E-state index in [0.29, 0.717) is 31.1 Å². The third kappa shape index (κ3) is 9.84. The van der Waals surface area contributed by atoms with Crippen LogP contribution in [0.15, 0.2) is 66.7 Å². The van der Waals surface area contributed by atoms with E-state index in [1.807, 2.05) is 55.5 Å². The van der Waals surface area contributed by atoms with Gasteiger partial charge in [0.2, 0.25) is 0 Å². The molecular formula is C36H46O5. The lowest BCUT2D eigenvalue weighted by Crippen LogP contribution is -2.16. The summed E-state index contributed by atoms with van der Waals surface area (Å²) in [6, 6.07) is 21.9. The molecule has 0 saturated heterocycles. The number of benzene rings is 3. The van der Waals surface area contributed by atoms with Crippen molar-refractivity contribution >= 4 is 5.97 Å². The highest BCUT2D eigenvalue weighted by molar-refractivity contribution is 5.72. The molecule has 1 unspecified atom stereocenters. The van der Waals surface area contributed by atoms with E-state index in [1.165, 1.54) is 50.5 Å². The Kier molecular flexibility index (Phi) is 12.4. The predicted molar refractivity (Wildman–Crippen MR) is 164 cm³/mol. The highest BCUT2D eigenvalue weighted by atomic mass is 16.5. The summed E-state index contributed by atoms with van der Waals surface area (Å²) in [6.07, 6.45) is 13.0. The number of rotatable bonds is 17. The van der Waals surface area contributed by atoms with Crippen LogP contribution in [0.4, 0.5) is 0 Å². The molecule has 1 atom stereocenters. The molecule has 3 aromatic carbocycles. The smallest absolute Gasteiger partial charge is 0.311 e. The summed E-state index contributed by atoms with van der Waals surface area (Å²) in [5.41, 5.74) is 3.26. The average molecular weight is 559 g/mol. The van der Waals surface area contributed by atoms with Gasteiger partial charge in [0.25, 0.3) is 0 Å². The number of hydrogen-bond acceptors (Lipinski definition) is 5. The Hall–Kier alpha value is -3.47. The van der Waals surface area contributed by atoms with Crippen molar-refractivity contribution in [3.8, 4) is 23.0 Å². The Morgan fingerprint density at radius 2 is 1.54 bits per heavy atom. The molecule has 0 fully saturated rings. The predicted octanol–water partition coefficient (Wildman–Crippen LogP) is 9.56. The molecule has 1 heterocycles. The first kappa shape index (κ1) is 30.5. The molecule has 0 amide bonds. The summed E-state index contributed by atoms with van der Waals surface area (Å²) in [6.45, 7) is 5.23. The zero-order valence-electron chi connectivity index (χ0n) is 24.9. The Balaban J connectivity index is 1.29. The topological polar surface area (TPSA) is 54.0 Å². The minimum atomic E-state index is -0.186. The van der Waals surface area contributed by atoms with Gasteiger partial charge in [-0.15, -0.1) is 0 Å². The quantitative estimate of drug-likeness (QED) is 0.0938. The summed E-state index contributed by atoms with van der Waals surface area (Å²) >= 11 is 0. The zero-order chi connectivity index (χ0) is 28.7. The molecule has 0 aromatic heterocycles. The molecule has 0 aliphatic carbocycles. The normalized spacial score (nSPS) is 14.1. The third-order valence-corrected chi connectivity index (χ3v) is 7.58. The fourth-order valence-electron chi connectivity index (χ4n) is 5.29. The molecule has 1 aliphatic rings. The number of fused-ring (bicyclic) bond motifs is 1. The van der Waals surface area contributed by atoms with Crippen molar-refractivity contribution in [1.29, 1.82) is 0 Å². The number of unbranched alkanes of at least 4 members (excludes halogenated alkanes) is 8. The Labute approximate surface area is 246 Å². The van der Waals surface area contributed by atoms with E-state index in [0.717, 1.165) is 48.3 Å². The van der Waals surface area contributed by atoms with Crippen LogP contribution in [0.25, 0.3) is 0 Å². The number of aryl methyl sites for hydroxylation is 1. The van der Waals surface area contributed by atoms with E-state index in [1.54, 1.807) is 0 Å². The van der Waals surface area contributed by atoms with Crippen LogP contribution in [-0.4, -0.2) is 12.6 Å². The molecule has 5 nitrogen and oxygen atoms in total. The van der Waals surface area contributed by atoms with Gasteiger partial charge in [0.1, 0.15) is 35.7 Å². The minimum Gasteiger partial charge on any atom is -0.493 e. The van der Waals surface area contributed by atoms with E-state index < -0.39 is 0 Å². The highest BCUT2D eigenvalue weighted by Gasteiger charge is 2.25. The van der Waals surface area contributed by atoms with Gasteiger partial charge in [0.15, 0.2) is 0 Å². The van der Waals surface area contributed by atoms with Gasteiger partial charge < -0.3 is 18.9 Å². The maximum Gasteiger partial charge on any atom is 0.311 e. The van der Waals surface area contributed by atoms with Crippen LogP contribution in [0.5, 0.6) is 23.0 Å². The van der Waals surface area contributed by atoms with Gasteiger partial charge in [-0.3, -0.25) is 4.79 Å². The number of hydrogen-bond donors (Lipinski definition) is 0. The zero-order valence-corrected chi connectivity index (χ0v) is 24.9. The maximum atomic E-state index is 12.5. The van der Waals surface area contributed by atoms with Gasteiger partial charge in [-0.2, -0.15) is 0 Å². The Morgan fingerprint density at radius 3 is 2.29 bits per heavy atom. The maximum absolute atomic E-state index is 12.5. The van der Waals surface area contributed by atoms with Crippen LogP contribution >= 0.6 is 0 Å². The second-order valence-corrected chi connectivity index (χ2v) is 10.9. The average Bonchev–Trinajstić information content (AvgIpc) is 2.99. The van der Waals surface area contributed by atoms with Crippen molar-refractivity contribution in [3.63, 3.8) is 0 Å². The lowest BCUT2D eigenvalue weighted by Gasteiger charge is -2.28. The van der Waals surface area contributed by atoms with Gasteiger partial charge in [-0.1, -0.05) is 94.7 Å². The lowest BCUT2D eigenvalue weighted by atomic mass is 9.96. The van der Waals surface area contributed by atoms with Crippen LogP contribution in [-0.2, 0) is 17.8 Å². The van der Waals surface area contributed by atoms with Crippen LogP contribution in [0.3, 0.4) is 0 Å².